The van der Waals surface area contributed by atoms with Crippen molar-refractivity contribution in [1.29, 1.82) is 0 Å². The summed E-state index contributed by atoms with van der Waals surface area (Å²) in [6.45, 7) is 3.47. The maximum Gasteiger partial charge on any atom is 0.263 e. The smallest absolute Gasteiger partial charge is 0.263 e. The quantitative estimate of drug-likeness (QED) is 0.831. The molecule has 0 spiro atoms. The molecule has 5 heteroatoms. The Hall–Kier alpha value is -0.740. The maximum atomic E-state index is 12.2. The number of rotatable bonds is 3. The second-order valence-electron chi connectivity index (χ2n) is 4.72. The number of halogens is 2. The minimum Gasteiger partial charge on any atom is -0.480 e. The van der Waals surface area contributed by atoms with E-state index in [9.17, 15) is 4.79 Å². The minimum atomic E-state index is -0.476. The highest BCUT2D eigenvalue weighted by molar-refractivity contribution is 9.10. The summed E-state index contributed by atoms with van der Waals surface area (Å²) in [5, 5.41) is 0.634. The van der Waals surface area contributed by atoms with Crippen LogP contribution in [0.1, 0.15) is 26.2 Å². The number of amides is 1. The molecule has 1 aliphatic heterocycles. The van der Waals surface area contributed by atoms with Gasteiger partial charge in [0, 0.05) is 18.1 Å². The Balaban J connectivity index is 1.99. The number of piperidine rings is 1. The molecular formula is C14H17BrClNO2. The number of ether oxygens (including phenoxy) is 1. The molecule has 1 fully saturated rings. The van der Waals surface area contributed by atoms with E-state index in [0.29, 0.717) is 10.8 Å². The first kappa shape index (κ1) is 14.7. The molecule has 1 amide bonds. The Morgan fingerprint density at radius 1 is 1.37 bits per heavy atom. The van der Waals surface area contributed by atoms with Gasteiger partial charge in [0.1, 0.15) is 5.75 Å². The van der Waals surface area contributed by atoms with Crippen LogP contribution in [0.2, 0.25) is 5.02 Å². The lowest BCUT2D eigenvalue weighted by Crippen LogP contribution is -2.43. The molecule has 0 saturated carbocycles. The molecule has 0 N–H and O–H groups in total. The fourth-order valence-corrected chi connectivity index (χ4v) is 2.96. The summed E-state index contributed by atoms with van der Waals surface area (Å²) in [6.07, 6.45) is 2.91. The number of benzene rings is 1. The number of hydrogen-bond acceptors (Lipinski definition) is 2. The van der Waals surface area contributed by atoms with Crippen LogP contribution in [0.25, 0.3) is 0 Å². The van der Waals surface area contributed by atoms with Gasteiger partial charge in [0.05, 0.1) is 4.47 Å². The second kappa shape index (κ2) is 6.62. The van der Waals surface area contributed by atoms with Crippen molar-refractivity contribution < 1.29 is 9.53 Å². The molecule has 0 aliphatic carbocycles. The third kappa shape index (κ3) is 3.86. The van der Waals surface area contributed by atoms with E-state index in [-0.39, 0.29) is 5.91 Å². The van der Waals surface area contributed by atoms with Gasteiger partial charge in [-0.1, -0.05) is 11.6 Å². The largest absolute Gasteiger partial charge is 0.480 e. The molecule has 1 heterocycles. The van der Waals surface area contributed by atoms with Crippen LogP contribution in [0.4, 0.5) is 0 Å². The number of nitrogens with zero attached hydrogens (tertiary/aromatic N) is 1. The number of carbonyl (C=O) groups is 1. The van der Waals surface area contributed by atoms with Crippen molar-refractivity contribution in [2.75, 3.05) is 13.1 Å². The molecule has 1 aromatic carbocycles. The Morgan fingerprint density at radius 3 is 2.68 bits per heavy atom. The monoisotopic (exact) mass is 345 g/mol. The van der Waals surface area contributed by atoms with Gasteiger partial charge in [0.25, 0.3) is 5.91 Å². The van der Waals surface area contributed by atoms with E-state index < -0.39 is 6.10 Å². The van der Waals surface area contributed by atoms with Gasteiger partial charge in [-0.2, -0.15) is 0 Å². The molecule has 1 atom stereocenters. The first-order valence-electron chi connectivity index (χ1n) is 6.48. The van der Waals surface area contributed by atoms with Crippen molar-refractivity contribution in [3.05, 3.63) is 27.7 Å². The third-order valence-corrected chi connectivity index (χ3v) is 4.07. The number of hydrogen-bond donors (Lipinski definition) is 0. The van der Waals surface area contributed by atoms with Crippen LogP contribution in [-0.2, 0) is 4.79 Å². The van der Waals surface area contributed by atoms with Gasteiger partial charge in [-0.15, -0.1) is 0 Å². The molecule has 0 radical (unpaired) electrons. The highest BCUT2D eigenvalue weighted by atomic mass is 79.9. The topological polar surface area (TPSA) is 29.5 Å². The molecule has 0 aromatic heterocycles. The van der Waals surface area contributed by atoms with E-state index in [1.54, 1.807) is 25.1 Å². The van der Waals surface area contributed by atoms with Gasteiger partial charge in [-0.05, 0) is 60.3 Å². The highest BCUT2D eigenvalue weighted by Gasteiger charge is 2.23. The van der Waals surface area contributed by atoms with E-state index in [1.807, 2.05) is 4.90 Å². The SMILES string of the molecule is C[C@@H](Oc1ccc(Cl)cc1Br)C(=O)N1CCCCC1. The van der Waals surface area contributed by atoms with Crippen molar-refractivity contribution in [3.63, 3.8) is 0 Å². The summed E-state index contributed by atoms with van der Waals surface area (Å²) in [7, 11) is 0. The van der Waals surface area contributed by atoms with Gasteiger partial charge < -0.3 is 9.64 Å². The van der Waals surface area contributed by atoms with Gasteiger partial charge in [0.15, 0.2) is 6.10 Å². The fourth-order valence-electron chi connectivity index (χ4n) is 2.18. The molecule has 1 saturated heterocycles. The van der Waals surface area contributed by atoms with Crippen LogP contribution in [0.3, 0.4) is 0 Å². The van der Waals surface area contributed by atoms with E-state index >= 15 is 0 Å². The van der Waals surface area contributed by atoms with E-state index in [2.05, 4.69) is 15.9 Å². The molecule has 1 aromatic rings. The number of likely N-dealkylation sites (tertiary alicyclic amines) is 1. The van der Waals surface area contributed by atoms with Crippen LogP contribution in [0, 0.1) is 0 Å². The zero-order valence-corrected chi connectivity index (χ0v) is 13.2. The van der Waals surface area contributed by atoms with Crippen molar-refractivity contribution >= 4 is 33.4 Å². The lowest BCUT2D eigenvalue weighted by Gasteiger charge is -2.29. The molecule has 3 nitrogen and oxygen atoms in total. The van der Waals surface area contributed by atoms with E-state index in [4.69, 9.17) is 16.3 Å². The summed E-state index contributed by atoms with van der Waals surface area (Å²) < 4.78 is 6.48. The average Bonchev–Trinajstić information content (AvgIpc) is 2.42. The van der Waals surface area contributed by atoms with Crippen LogP contribution < -0.4 is 4.74 Å². The van der Waals surface area contributed by atoms with Gasteiger partial charge >= 0.3 is 0 Å². The summed E-state index contributed by atoms with van der Waals surface area (Å²) in [4.78, 5) is 14.1. The van der Waals surface area contributed by atoms with Gasteiger partial charge in [-0.25, -0.2) is 0 Å². The highest BCUT2D eigenvalue weighted by Crippen LogP contribution is 2.29. The lowest BCUT2D eigenvalue weighted by atomic mass is 10.1. The van der Waals surface area contributed by atoms with Gasteiger partial charge in [0.2, 0.25) is 0 Å². The van der Waals surface area contributed by atoms with Crippen molar-refractivity contribution in [1.82, 2.24) is 4.90 Å². The molecule has 19 heavy (non-hydrogen) atoms. The Bertz CT molecular complexity index is 461. The fraction of sp³-hybridized carbons (Fsp3) is 0.500. The normalized spacial score (nSPS) is 17.1. The van der Waals surface area contributed by atoms with E-state index in [0.717, 1.165) is 30.4 Å². The summed E-state index contributed by atoms with van der Waals surface area (Å²) in [5.41, 5.74) is 0. The predicted molar refractivity (Wildman–Crippen MR) is 79.7 cm³/mol. The average molecular weight is 347 g/mol. The third-order valence-electron chi connectivity index (χ3n) is 3.21. The predicted octanol–water partition coefficient (Wildman–Crippen LogP) is 3.88. The standard InChI is InChI=1S/C14H17BrClNO2/c1-10(14(18)17-7-3-2-4-8-17)19-13-6-5-11(16)9-12(13)15/h5-6,9-10H,2-4,7-8H2,1H3/t10-/m1/s1. The minimum absolute atomic E-state index is 0.0570. The molecule has 1 aliphatic rings. The zero-order valence-electron chi connectivity index (χ0n) is 10.9. The van der Waals surface area contributed by atoms with Crippen LogP contribution in [0.5, 0.6) is 5.75 Å². The van der Waals surface area contributed by atoms with Crippen LogP contribution in [0.15, 0.2) is 22.7 Å². The zero-order chi connectivity index (χ0) is 13.8. The lowest BCUT2D eigenvalue weighted by molar-refractivity contribution is -0.138. The molecular weight excluding hydrogens is 330 g/mol. The summed E-state index contributed by atoms with van der Waals surface area (Å²) in [6, 6.07) is 5.28. The molecule has 2 rings (SSSR count). The van der Waals surface area contributed by atoms with Gasteiger partial charge in [-0.3, -0.25) is 4.79 Å². The van der Waals surface area contributed by atoms with Crippen LogP contribution >= 0.6 is 27.5 Å². The molecule has 0 bridgehead atoms. The number of carbonyl (C=O) groups excluding carboxylic acids is 1. The second-order valence-corrected chi connectivity index (χ2v) is 6.01. The Labute approximate surface area is 127 Å². The van der Waals surface area contributed by atoms with Crippen molar-refractivity contribution in [2.45, 2.75) is 32.3 Å². The first-order valence-corrected chi connectivity index (χ1v) is 7.65. The summed E-state index contributed by atoms with van der Waals surface area (Å²) in [5.74, 6) is 0.698. The summed E-state index contributed by atoms with van der Waals surface area (Å²) >= 11 is 9.26. The van der Waals surface area contributed by atoms with Crippen LogP contribution in [-0.4, -0.2) is 30.0 Å². The first-order chi connectivity index (χ1) is 9.08. The maximum absolute atomic E-state index is 12.2. The van der Waals surface area contributed by atoms with E-state index in [1.165, 1.54) is 6.42 Å². The van der Waals surface area contributed by atoms with Crippen molar-refractivity contribution in [3.8, 4) is 5.75 Å². The molecule has 104 valence electrons. The molecule has 0 unspecified atom stereocenters. The Morgan fingerprint density at radius 2 is 2.05 bits per heavy atom. The Kier molecular flexibility index (Phi) is 5.11. The van der Waals surface area contributed by atoms with Crippen molar-refractivity contribution in [2.24, 2.45) is 0 Å².